The summed E-state index contributed by atoms with van der Waals surface area (Å²) in [6, 6.07) is 14.5. The number of hydroxylamine groups is 1. The molecule has 0 aliphatic heterocycles. The van der Waals surface area contributed by atoms with Crippen LogP contribution in [-0.4, -0.2) is 33.4 Å². The second kappa shape index (κ2) is 10.8. The zero-order valence-electron chi connectivity index (χ0n) is 18.9. The van der Waals surface area contributed by atoms with Crippen molar-refractivity contribution in [2.24, 2.45) is 5.92 Å². The number of urea groups is 1. The fourth-order valence-corrected chi connectivity index (χ4v) is 4.08. The molecule has 1 saturated carbocycles. The van der Waals surface area contributed by atoms with Gasteiger partial charge in [-0.15, -0.1) is 0 Å². The average molecular weight is 479 g/mol. The molecule has 3 amide bonds. The zero-order valence-corrected chi connectivity index (χ0v) is 18.9. The molecule has 10 heteroatoms. The average Bonchev–Trinajstić information content (AvgIpc) is 3.34. The highest BCUT2D eigenvalue weighted by Gasteiger charge is 2.30. The number of hydrogen-bond acceptors (Lipinski definition) is 6. The van der Waals surface area contributed by atoms with Crippen molar-refractivity contribution in [3.8, 4) is 11.3 Å². The summed E-state index contributed by atoms with van der Waals surface area (Å²) in [5, 5.41) is 29.2. The molecule has 3 aromatic rings. The summed E-state index contributed by atoms with van der Waals surface area (Å²) in [7, 11) is 0. The number of carbonyl (C=O) groups excluding carboxylic acids is 2. The second-order valence-corrected chi connectivity index (χ2v) is 8.37. The molecule has 2 aromatic carbocycles. The second-order valence-electron chi connectivity index (χ2n) is 8.37. The Balaban J connectivity index is 1.51. The number of aromatic carboxylic acids is 1. The fraction of sp³-hybridized carbons (Fsp3) is 0.280. The number of aromatic nitrogens is 1. The monoisotopic (exact) mass is 478 g/mol. The van der Waals surface area contributed by atoms with Crippen molar-refractivity contribution in [3.05, 3.63) is 65.9 Å². The van der Waals surface area contributed by atoms with E-state index in [4.69, 9.17) is 4.52 Å². The summed E-state index contributed by atoms with van der Waals surface area (Å²) >= 11 is 0. The molecule has 1 aliphatic rings. The Kier molecular flexibility index (Phi) is 7.41. The van der Waals surface area contributed by atoms with Crippen molar-refractivity contribution < 1.29 is 29.2 Å². The number of amides is 3. The van der Waals surface area contributed by atoms with Gasteiger partial charge in [0, 0.05) is 23.7 Å². The van der Waals surface area contributed by atoms with E-state index in [1.165, 1.54) is 0 Å². The Morgan fingerprint density at radius 1 is 1.00 bits per heavy atom. The minimum absolute atomic E-state index is 0.000210. The lowest BCUT2D eigenvalue weighted by molar-refractivity contribution is -0.120. The number of nitrogens with zero attached hydrogens (tertiary/aromatic N) is 2. The van der Waals surface area contributed by atoms with Crippen LogP contribution >= 0.6 is 0 Å². The lowest BCUT2D eigenvalue weighted by Gasteiger charge is -2.20. The van der Waals surface area contributed by atoms with Gasteiger partial charge in [0.2, 0.25) is 11.6 Å². The summed E-state index contributed by atoms with van der Waals surface area (Å²) < 4.78 is 5.19. The van der Waals surface area contributed by atoms with Gasteiger partial charge in [0.1, 0.15) is 0 Å². The van der Waals surface area contributed by atoms with Crippen molar-refractivity contribution in [2.75, 3.05) is 10.4 Å². The first kappa shape index (κ1) is 24.0. The first-order valence-corrected chi connectivity index (χ1v) is 11.4. The van der Waals surface area contributed by atoms with Gasteiger partial charge >= 0.3 is 12.0 Å². The molecule has 0 atom stereocenters. The minimum atomic E-state index is -1.47. The Morgan fingerprint density at radius 3 is 2.34 bits per heavy atom. The summed E-state index contributed by atoms with van der Waals surface area (Å²) in [6.45, 7) is 0.120. The van der Waals surface area contributed by atoms with Gasteiger partial charge in [-0.3, -0.25) is 10.0 Å². The van der Waals surface area contributed by atoms with Gasteiger partial charge in [0.15, 0.2) is 11.4 Å². The third-order valence-electron chi connectivity index (χ3n) is 5.95. The first-order valence-electron chi connectivity index (χ1n) is 11.4. The Labute approximate surface area is 201 Å². The first-order chi connectivity index (χ1) is 16.9. The molecule has 182 valence electrons. The van der Waals surface area contributed by atoms with Crippen LogP contribution in [0.15, 0.2) is 59.1 Å². The number of rotatable bonds is 7. The molecule has 0 saturated heterocycles. The number of anilines is 2. The molecular formula is C25H26N4O6. The van der Waals surface area contributed by atoms with E-state index in [2.05, 4.69) is 15.8 Å². The molecule has 1 aromatic heterocycles. The van der Waals surface area contributed by atoms with Crippen molar-refractivity contribution in [1.82, 2.24) is 10.5 Å². The van der Waals surface area contributed by atoms with Crippen molar-refractivity contribution in [1.29, 1.82) is 0 Å². The maximum absolute atomic E-state index is 12.6. The standard InChI is InChI=1S/C25H26N4O6/c30-23(18-9-5-2-6-10-18)27-19-13-11-17(12-14-19)22-21(20(24(31)32)28-35-22)29(34)25(33)26-15-16-7-3-1-4-8-16/h1,3-4,7-8,11-14,18,34H,2,5-6,9-10,15H2,(H,26,33)(H,27,30)(H,31,32). The van der Waals surface area contributed by atoms with Crippen LogP contribution in [0.2, 0.25) is 0 Å². The Bertz CT molecular complexity index is 1190. The summed E-state index contributed by atoms with van der Waals surface area (Å²) in [5.41, 5.74) is 0.717. The van der Waals surface area contributed by atoms with E-state index in [1.54, 1.807) is 48.5 Å². The quantitative estimate of drug-likeness (QED) is 0.285. The van der Waals surface area contributed by atoms with E-state index < -0.39 is 23.4 Å². The van der Waals surface area contributed by atoms with Crippen LogP contribution in [0.5, 0.6) is 0 Å². The highest BCUT2D eigenvalue weighted by atomic mass is 16.5. The molecule has 1 heterocycles. The van der Waals surface area contributed by atoms with Gasteiger partial charge in [0.25, 0.3) is 0 Å². The Morgan fingerprint density at radius 2 is 1.69 bits per heavy atom. The van der Waals surface area contributed by atoms with Gasteiger partial charge < -0.3 is 20.3 Å². The summed E-state index contributed by atoms with van der Waals surface area (Å²) in [4.78, 5) is 36.7. The Hall–Kier alpha value is -4.18. The predicted molar refractivity (Wildman–Crippen MR) is 127 cm³/mol. The van der Waals surface area contributed by atoms with Crippen LogP contribution < -0.4 is 15.7 Å². The van der Waals surface area contributed by atoms with Gasteiger partial charge in [-0.1, -0.05) is 54.8 Å². The van der Waals surface area contributed by atoms with E-state index in [0.29, 0.717) is 11.3 Å². The number of hydrogen-bond donors (Lipinski definition) is 4. The van der Waals surface area contributed by atoms with E-state index in [1.807, 2.05) is 6.07 Å². The third-order valence-corrected chi connectivity index (χ3v) is 5.95. The molecule has 0 bridgehead atoms. The third kappa shape index (κ3) is 5.67. The molecule has 0 unspecified atom stereocenters. The highest BCUT2D eigenvalue weighted by molar-refractivity contribution is 6.02. The number of nitrogens with one attached hydrogen (secondary N) is 2. The van der Waals surface area contributed by atoms with E-state index in [9.17, 15) is 24.7 Å². The number of benzene rings is 2. The highest BCUT2D eigenvalue weighted by Crippen LogP contribution is 2.34. The normalized spacial score (nSPS) is 13.7. The van der Waals surface area contributed by atoms with Crippen LogP contribution in [0.3, 0.4) is 0 Å². The smallest absolute Gasteiger partial charge is 0.360 e. The molecule has 35 heavy (non-hydrogen) atoms. The molecule has 1 fully saturated rings. The van der Waals surface area contributed by atoms with Crippen LogP contribution in [0.1, 0.15) is 48.2 Å². The maximum Gasteiger partial charge on any atom is 0.360 e. The minimum Gasteiger partial charge on any atom is -0.476 e. The molecule has 0 spiro atoms. The lowest BCUT2D eigenvalue weighted by Crippen LogP contribution is -2.38. The largest absolute Gasteiger partial charge is 0.476 e. The lowest BCUT2D eigenvalue weighted by atomic mass is 9.88. The van der Waals surface area contributed by atoms with E-state index >= 15 is 0 Å². The number of carboxylic acid groups (broad SMARTS) is 1. The topological polar surface area (TPSA) is 145 Å². The van der Waals surface area contributed by atoms with Crippen LogP contribution in [0, 0.1) is 5.92 Å². The van der Waals surface area contributed by atoms with Gasteiger partial charge in [-0.05, 0) is 42.7 Å². The predicted octanol–water partition coefficient (Wildman–Crippen LogP) is 4.66. The van der Waals surface area contributed by atoms with Crippen molar-refractivity contribution >= 4 is 29.3 Å². The van der Waals surface area contributed by atoms with E-state index in [-0.39, 0.29) is 29.2 Å². The molecule has 0 radical (unpaired) electrons. The zero-order chi connectivity index (χ0) is 24.8. The molecular weight excluding hydrogens is 452 g/mol. The number of carbonyl (C=O) groups is 3. The van der Waals surface area contributed by atoms with Crippen molar-refractivity contribution in [3.63, 3.8) is 0 Å². The SMILES string of the molecule is O=C(O)c1noc(-c2ccc(NC(=O)C3CCCCC3)cc2)c1N(O)C(=O)NCc1ccccc1. The summed E-state index contributed by atoms with van der Waals surface area (Å²) in [6.07, 6.45) is 5.01. The van der Waals surface area contributed by atoms with Gasteiger partial charge in [-0.25, -0.2) is 9.59 Å². The van der Waals surface area contributed by atoms with Crippen LogP contribution in [-0.2, 0) is 11.3 Å². The summed E-state index contributed by atoms with van der Waals surface area (Å²) in [5.74, 6) is -1.60. The molecule has 4 N–H and O–H groups in total. The maximum atomic E-state index is 12.6. The molecule has 1 aliphatic carbocycles. The van der Waals surface area contributed by atoms with Crippen LogP contribution in [0.4, 0.5) is 16.2 Å². The van der Waals surface area contributed by atoms with Crippen molar-refractivity contribution in [2.45, 2.75) is 38.6 Å². The van der Waals surface area contributed by atoms with Gasteiger partial charge in [0.05, 0.1) is 0 Å². The van der Waals surface area contributed by atoms with Crippen LogP contribution in [0.25, 0.3) is 11.3 Å². The molecule has 10 nitrogen and oxygen atoms in total. The fourth-order valence-electron chi connectivity index (χ4n) is 4.08. The number of carboxylic acids is 1. The van der Waals surface area contributed by atoms with E-state index in [0.717, 1.165) is 37.7 Å². The van der Waals surface area contributed by atoms with Gasteiger partial charge in [-0.2, -0.15) is 5.06 Å². The molecule has 4 rings (SSSR count).